The third-order valence-corrected chi connectivity index (χ3v) is 6.52. The molecule has 0 spiro atoms. The summed E-state index contributed by atoms with van der Waals surface area (Å²) in [4.78, 5) is 3.80. The van der Waals surface area contributed by atoms with Crippen LogP contribution in [-0.2, 0) is 0 Å². The number of benzene rings is 2. The molecule has 0 radical (unpaired) electrons. The second-order valence-corrected chi connectivity index (χ2v) is 8.63. The lowest BCUT2D eigenvalue weighted by Crippen LogP contribution is -2.41. The van der Waals surface area contributed by atoms with E-state index in [1.807, 2.05) is 18.2 Å². The number of likely N-dealkylation sites (tertiary alicyclic amines) is 1. The summed E-state index contributed by atoms with van der Waals surface area (Å²) in [6, 6.07) is 9.15. The minimum atomic E-state index is 0.126. The van der Waals surface area contributed by atoms with Gasteiger partial charge < -0.3 is 29.2 Å². The maximum absolute atomic E-state index is 6.20. The molecule has 35 heavy (non-hydrogen) atoms. The zero-order valence-corrected chi connectivity index (χ0v) is 21.5. The van der Waals surface area contributed by atoms with Crippen LogP contribution in [0.25, 0.3) is 11.4 Å². The topological polar surface area (TPSA) is 95.8 Å². The maximum Gasteiger partial charge on any atom is 0.205 e. The molecular weight excluding hydrogens is 492 g/mol. The van der Waals surface area contributed by atoms with Crippen LogP contribution in [-0.4, -0.2) is 71.7 Å². The highest BCUT2D eigenvalue weighted by Crippen LogP contribution is 2.36. The summed E-state index contributed by atoms with van der Waals surface area (Å²) < 4.78 is 21.4. The number of ether oxygens (including phenoxy) is 4. The van der Waals surface area contributed by atoms with E-state index < -0.39 is 0 Å². The lowest BCUT2D eigenvalue weighted by atomic mass is 10.1. The Morgan fingerprint density at radius 1 is 0.943 bits per heavy atom. The molecule has 1 fully saturated rings. The van der Waals surface area contributed by atoms with Gasteiger partial charge in [-0.1, -0.05) is 11.6 Å². The highest BCUT2D eigenvalue weighted by Gasteiger charge is 2.25. The average molecular weight is 519 g/mol. The second kappa shape index (κ2) is 11.0. The van der Waals surface area contributed by atoms with Crippen molar-refractivity contribution >= 4 is 34.6 Å². The molecule has 0 bridgehead atoms. The number of tetrazole rings is 1. The molecule has 0 unspecified atom stereocenters. The van der Waals surface area contributed by atoms with E-state index in [1.54, 1.807) is 45.4 Å². The molecule has 1 saturated heterocycles. The molecule has 2 aromatic carbocycles. The van der Waals surface area contributed by atoms with Crippen LogP contribution >= 0.6 is 23.8 Å². The number of hydrogen-bond donors (Lipinski definition) is 1. The van der Waals surface area contributed by atoms with Gasteiger partial charge in [0.05, 0.1) is 45.2 Å². The van der Waals surface area contributed by atoms with Crippen LogP contribution < -0.4 is 24.3 Å². The van der Waals surface area contributed by atoms with Crippen molar-refractivity contribution in [3.05, 3.63) is 35.4 Å². The van der Waals surface area contributed by atoms with Crippen molar-refractivity contribution in [3.8, 4) is 34.4 Å². The van der Waals surface area contributed by atoms with Crippen LogP contribution in [0, 0.1) is 0 Å². The van der Waals surface area contributed by atoms with Crippen molar-refractivity contribution in [3.63, 3.8) is 0 Å². The molecule has 1 N–H and O–H groups in total. The molecule has 1 aliphatic rings. The van der Waals surface area contributed by atoms with Gasteiger partial charge in [-0.15, -0.1) is 10.2 Å². The van der Waals surface area contributed by atoms with Crippen molar-refractivity contribution in [2.75, 3.05) is 46.8 Å². The number of piperidine rings is 1. The smallest absolute Gasteiger partial charge is 0.205 e. The number of methoxy groups -OCH3 is 4. The SMILES string of the molecule is COc1cc(NC(=S)N2CCC(n3nnc(-c4ccc(OC)c(OC)c4)n3)CC2)c(OC)cc1Cl. The average Bonchev–Trinajstić information content (AvgIpc) is 3.39. The summed E-state index contributed by atoms with van der Waals surface area (Å²) in [5.74, 6) is 2.93. The van der Waals surface area contributed by atoms with Gasteiger partial charge in [-0.3, -0.25) is 0 Å². The molecular formula is C23H27ClN6O4S. The Bertz CT molecular complexity index is 1200. The fraction of sp³-hybridized carbons (Fsp3) is 0.391. The van der Waals surface area contributed by atoms with Crippen LogP contribution in [0.2, 0.25) is 5.02 Å². The third kappa shape index (κ3) is 5.35. The standard InChI is InChI=1S/C23H27ClN6O4S/c1-31-18-6-5-14(11-21(18)34-4)22-26-28-30(27-22)15-7-9-29(10-8-15)23(35)25-17-13-19(32-2)16(24)12-20(17)33-3/h5-6,11-13,15H,7-10H2,1-4H3,(H,25,35). The number of thiocarbonyl (C=S) groups is 1. The van der Waals surface area contributed by atoms with Crippen molar-refractivity contribution in [2.24, 2.45) is 0 Å². The van der Waals surface area contributed by atoms with Gasteiger partial charge >= 0.3 is 0 Å². The molecule has 2 heterocycles. The summed E-state index contributed by atoms with van der Waals surface area (Å²) in [6.07, 6.45) is 1.65. The van der Waals surface area contributed by atoms with E-state index >= 15 is 0 Å². The quantitative estimate of drug-likeness (QED) is 0.461. The first-order valence-electron chi connectivity index (χ1n) is 11.0. The number of aromatic nitrogens is 4. The van der Waals surface area contributed by atoms with Crippen LogP contribution in [0.5, 0.6) is 23.0 Å². The Labute approximate surface area is 214 Å². The van der Waals surface area contributed by atoms with E-state index in [2.05, 4.69) is 25.6 Å². The van der Waals surface area contributed by atoms with Gasteiger partial charge in [0.1, 0.15) is 11.5 Å². The Kier molecular flexibility index (Phi) is 7.76. The Hall–Kier alpha value is -3.31. The minimum absolute atomic E-state index is 0.126. The van der Waals surface area contributed by atoms with Crippen LogP contribution in [0.1, 0.15) is 18.9 Å². The van der Waals surface area contributed by atoms with Gasteiger partial charge in [-0.05, 0) is 48.5 Å². The van der Waals surface area contributed by atoms with Crippen LogP contribution in [0.15, 0.2) is 30.3 Å². The number of nitrogens with one attached hydrogen (secondary N) is 1. The van der Waals surface area contributed by atoms with E-state index in [4.69, 9.17) is 42.8 Å². The first kappa shape index (κ1) is 24.8. The van der Waals surface area contributed by atoms with E-state index in [0.717, 1.165) is 31.5 Å². The lowest BCUT2D eigenvalue weighted by molar-refractivity contribution is 0.238. The monoisotopic (exact) mass is 518 g/mol. The summed E-state index contributed by atoms with van der Waals surface area (Å²) >= 11 is 11.9. The molecule has 10 nitrogen and oxygen atoms in total. The number of hydrogen-bond acceptors (Lipinski definition) is 8. The lowest BCUT2D eigenvalue weighted by Gasteiger charge is -2.33. The van der Waals surface area contributed by atoms with Gasteiger partial charge in [0, 0.05) is 30.8 Å². The predicted octanol–water partition coefficient (Wildman–Crippen LogP) is 4.06. The number of nitrogens with zero attached hydrogens (tertiary/aromatic N) is 5. The van der Waals surface area contributed by atoms with Gasteiger partial charge in [0.15, 0.2) is 16.6 Å². The third-order valence-electron chi connectivity index (χ3n) is 5.86. The fourth-order valence-electron chi connectivity index (χ4n) is 3.92. The minimum Gasteiger partial charge on any atom is -0.495 e. The van der Waals surface area contributed by atoms with Crippen molar-refractivity contribution in [1.29, 1.82) is 0 Å². The fourth-order valence-corrected chi connectivity index (χ4v) is 4.45. The predicted molar refractivity (Wildman–Crippen MR) is 137 cm³/mol. The zero-order chi connectivity index (χ0) is 24.9. The maximum atomic E-state index is 6.20. The first-order valence-corrected chi connectivity index (χ1v) is 11.7. The van der Waals surface area contributed by atoms with Crippen molar-refractivity contribution < 1.29 is 18.9 Å². The van der Waals surface area contributed by atoms with E-state index in [0.29, 0.717) is 44.6 Å². The molecule has 0 saturated carbocycles. The van der Waals surface area contributed by atoms with Gasteiger partial charge in [-0.25, -0.2) is 0 Å². The highest BCUT2D eigenvalue weighted by molar-refractivity contribution is 7.80. The van der Waals surface area contributed by atoms with E-state index in [1.165, 1.54) is 0 Å². The molecule has 1 aromatic heterocycles. The molecule has 4 rings (SSSR count). The molecule has 0 amide bonds. The molecule has 0 aliphatic carbocycles. The summed E-state index contributed by atoms with van der Waals surface area (Å²) in [6.45, 7) is 1.49. The summed E-state index contributed by atoms with van der Waals surface area (Å²) in [7, 11) is 6.34. The largest absolute Gasteiger partial charge is 0.495 e. The molecule has 3 aromatic rings. The molecule has 186 valence electrons. The van der Waals surface area contributed by atoms with Crippen LogP contribution in [0.3, 0.4) is 0 Å². The normalized spacial score (nSPS) is 13.9. The van der Waals surface area contributed by atoms with Crippen molar-refractivity contribution in [1.82, 2.24) is 25.1 Å². The molecule has 12 heteroatoms. The zero-order valence-electron chi connectivity index (χ0n) is 19.9. The van der Waals surface area contributed by atoms with Crippen LogP contribution in [0.4, 0.5) is 5.69 Å². The number of anilines is 1. The van der Waals surface area contributed by atoms with Gasteiger partial charge in [0.2, 0.25) is 5.82 Å². The first-order chi connectivity index (χ1) is 17.0. The van der Waals surface area contributed by atoms with E-state index in [-0.39, 0.29) is 6.04 Å². The van der Waals surface area contributed by atoms with Gasteiger partial charge in [-0.2, -0.15) is 4.80 Å². The summed E-state index contributed by atoms with van der Waals surface area (Å²) in [5, 5.41) is 17.5. The molecule has 0 atom stereocenters. The molecule has 1 aliphatic heterocycles. The van der Waals surface area contributed by atoms with Crippen molar-refractivity contribution in [2.45, 2.75) is 18.9 Å². The second-order valence-electron chi connectivity index (χ2n) is 7.84. The highest BCUT2D eigenvalue weighted by atomic mass is 35.5. The Morgan fingerprint density at radius 3 is 2.29 bits per heavy atom. The Balaban J connectivity index is 1.39. The van der Waals surface area contributed by atoms with E-state index in [9.17, 15) is 0 Å². The number of rotatable bonds is 7. The van der Waals surface area contributed by atoms with Gasteiger partial charge in [0.25, 0.3) is 0 Å². The number of halogens is 1. The summed E-state index contributed by atoms with van der Waals surface area (Å²) in [5.41, 5.74) is 1.50. The Morgan fingerprint density at radius 2 is 1.63 bits per heavy atom.